The molecule has 0 atom stereocenters. The van der Waals surface area contributed by atoms with E-state index in [1.54, 1.807) is 0 Å². The summed E-state index contributed by atoms with van der Waals surface area (Å²) in [7, 11) is 0. The normalized spacial score (nSPS) is 12.5. The quantitative estimate of drug-likeness (QED) is 0.223. The van der Waals surface area contributed by atoms with Gasteiger partial charge in [0.1, 0.15) is 11.2 Å². The Morgan fingerprint density at radius 1 is 0.514 bits per heavy atom. The molecule has 0 saturated carbocycles. The van der Waals surface area contributed by atoms with Gasteiger partial charge in [0.2, 0.25) is 0 Å². The van der Waals surface area contributed by atoms with Gasteiger partial charge < -0.3 is 8.98 Å². The van der Waals surface area contributed by atoms with Gasteiger partial charge in [0.25, 0.3) is 0 Å². The van der Waals surface area contributed by atoms with E-state index in [0.29, 0.717) is 0 Å². The van der Waals surface area contributed by atoms with Gasteiger partial charge >= 0.3 is 0 Å². The predicted molar refractivity (Wildman–Crippen MR) is 155 cm³/mol. The second kappa shape index (κ2) is 6.82. The van der Waals surface area contributed by atoms with Crippen LogP contribution >= 0.6 is 11.6 Å². The lowest BCUT2D eigenvalue weighted by molar-refractivity contribution is 0.669. The van der Waals surface area contributed by atoms with Crippen LogP contribution < -0.4 is 0 Å². The molecule has 0 radical (unpaired) electrons. The number of benzene rings is 6. The minimum absolute atomic E-state index is 0.760. The molecule has 0 amide bonds. The molecule has 0 fully saturated rings. The van der Waals surface area contributed by atoms with Crippen LogP contribution in [0.4, 0.5) is 0 Å². The standard InChI is InChI=1S/C34H18ClNO/c35-20-16-19-12-14-29-34-32(19)27(17-20)23-7-2-1-6-22(23)25-9-5-10-28(33(25)34)36(29)21-13-15-31-26(18-21)24-8-3-4-11-30(24)37-31/h1-18H. The van der Waals surface area contributed by atoms with Crippen LogP contribution in [0.3, 0.4) is 0 Å². The summed E-state index contributed by atoms with van der Waals surface area (Å²) in [6, 6.07) is 38.8. The van der Waals surface area contributed by atoms with Gasteiger partial charge in [-0.2, -0.15) is 0 Å². The Morgan fingerprint density at radius 2 is 1.27 bits per heavy atom. The molecule has 0 saturated heterocycles. The summed E-state index contributed by atoms with van der Waals surface area (Å²) in [4.78, 5) is 0. The molecule has 2 aromatic heterocycles. The monoisotopic (exact) mass is 491 g/mol. The number of hydrogen-bond acceptors (Lipinski definition) is 1. The van der Waals surface area contributed by atoms with E-state index in [9.17, 15) is 0 Å². The molecule has 6 aromatic carbocycles. The number of hydrogen-bond donors (Lipinski definition) is 0. The molecule has 0 aliphatic heterocycles. The van der Waals surface area contributed by atoms with Crippen molar-refractivity contribution in [1.82, 2.24) is 4.57 Å². The molecule has 1 aliphatic rings. The van der Waals surface area contributed by atoms with Crippen molar-refractivity contribution >= 4 is 66.1 Å². The van der Waals surface area contributed by atoms with Crippen LogP contribution in [0.5, 0.6) is 0 Å². The third-order valence-corrected chi connectivity index (χ3v) is 8.18. The Kier molecular flexibility index (Phi) is 3.62. The third-order valence-electron chi connectivity index (χ3n) is 7.96. The molecule has 8 aromatic rings. The van der Waals surface area contributed by atoms with E-state index in [4.69, 9.17) is 16.0 Å². The summed E-state index contributed by atoms with van der Waals surface area (Å²) in [6.45, 7) is 0. The second-order valence-corrected chi connectivity index (χ2v) is 10.3. The summed E-state index contributed by atoms with van der Waals surface area (Å²) < 4.78 is 8.53. The number of nitrogens with zero attached hydrogens (tertiary/aromatic N) is 1. The van der Waals surface area contributed by atoms with Crippen LogP contribution in [0.2, 0.25) is 5.02 Å². The molecule has 3 heteroatoms. The van der Waals surface area contributed by atoms with Crippen molar-refractivity contribution in [2.75, 3.05) is 0 Å². The first-order valence-electron chi connectivity index (χ1n) is 12.5. The maximum Gasteiger partial charge on any atom is 0.135 e. The first kappa shape index (κ1) is 19.6. The largest absolute Gasteiger partial charge is 0.456 e. The number of para-hydroxylation sites is 1. The Morgan fingerprint density at radius 3 is 2.19 bits per heavy atom. The van der Waals surface area contributed by atoms with E-state index >= 15 is 0 Å². The van der Waals surface area contributed by atoms with Gasteiger partial charge in [-0.3, -0.25) is 0 Å². The highest BCUT2D eigenvalue weighted by Gasteiger charge is 2.25. The fourth-order valence-corrected chi connectivity index (χ4v) is 6.72. The average Bonchev–Trinajstić information content (AvgIpc) is 3.44. The fraction of sp³-hybridized carbons (Fsp3) is 0. The van der Waals surface area contributed by atoms with Crippen molar-refractivity contribution in [3.05, 3.63) is 114 Å². The summed E-state index contributed by atoms with van der Waals surface area (Å²) >= 11 is 6.66. The van der Waals surface area contributed by atoms with Gasteiger partial charge in [-0.05, 0) is 81.6 Å². The number of furan rings is 1. The van der Waals surface area contributed by atoms with Crippen LogP contribution in [0, 0.1) is 0 Å². The first-order chi connectivity index (χ1) is 18.3. The van der Waals surface area contributed by atoms with E-state index in [1.165, 1.54) is 49.4 Å². The number of fused-ring (bicyclic) bond motifs is 6. The summed E-state index contributed by atoms with van der Waals surface area (Å²) in [6.07, 6.45) is 0. The fourth-order valence-electron chi connectivity index (χ4n) is 6.50. The predicted octanol–water partition coefficient (Wildman–Crippen LogP) is 10.1. The van der Waals surface area contributed by atoms with Crippen LogP contribution in [-0.4, -0.2) is 4.57 Å². The molecule has 2 nitrogen and oxygen atoms in total. The molecule has 172 valence electrons. The van der Waals surface area contributed by atoms with Gasteiger partial charge in [-0.15, -0.1) is 0 Å². The highest BCUT2D eigenvalue weighted by atomic mass is 35.5. The van der Waals surface area contributed by atoms with E-state index in [-0.39, 0.29) is 0 Å². The number of aromatic nitrogens is 1. The van der Waals surface area contributed by atoms with Crippen molar-refractivity contribution in [2.24, 2.45) is 0 Å². The SMILES string of the molecule is Clc1cc2c3c(ccc4c3c3c(cccc3n4-c3ccc4oc5ccccc5c4c3)-c3ccccc3-2)c1. The molecule has 37 heavy (non-hydrogen) atoms. The summed E-state index contributed by atoms with van der Waals surface area (Å²) in [5.74, 6) is 0. The van der Waals surface area contributed by atoms with Crippen LogP contribution in [-0.2, 0) is 0 Å². The maximum absolute atomic E-state index is 6.66. The van der Waals surface area contributed by atoms with Gasteiger partial charge in [0.05, 0.1) is 11.0 Å². The van der Waals surface area contributed by atoms with Crippen LogP contribution in [0.25, 0.3) is 82.5 Å². The van der Waals surface area contributed by atoms with Crippen molar-refractivity contribution < 1.29 is 4.42 Å². The summed E-state index contributed by atoms with van der Waals surface area (Å²) in [5, 5.41) is 8.02. The molecule has 2 heterocycles. The molecule has 0 N–H and O–H groups in total. The van der Waals surface area contributed by atoms with Crippen molar-refractivity contribution in [1.29, 1.82) is 0 Å². The van der Waals surface area contributed by atoms with Gasteiger partial charge in [-0.25, -0.2) is 0 Å². The second-order valence-electron chi connectivity index (χ2n) is 9.87. The third kappa shape index (κ3) is 2.46. The zero-order chi connectivity index (χ0) is 24.2. The topological polar surface area (TPSA) is 18.1 Å². The molecule has 0 bridgehead atoms. The minimum Gasteiger partial charge on any atom is -0.456 e. The van der Waals surface area contributed by atoms with Gasteiger partial charge in [-0.1, -0.05) is 72.3 Å². The molecule has 9 rings (SSSR count). The van der Waals surface area contributed by atoms with Crippen molar-refractivity contribution in [3.8, 4) is 27.9 Å². The average molecular weight is 492 g/mol. The molecular formula is C34H18ClNO. The number of halogens is 1. The molecule has 1 aliphatic carbocycles. The van der Waals surface area contributed by atoms with Crippen molar-refractivity contribution in [3.63, 3.8) is 0 Å². The number of rotatable bonds is 1. The molecular weight excluding hydrogens is 474 g/mol. The highest BCUT2D eigenvalue weighted by molar-refractivity contribution is 6.35. The smallest absolute Gasteiger partial charge is 0.135 e. The molecule has 0 spiro atoms. The maximum atomic E-state index is 6.66. The summed E-state index contributed by atoms with van der Waals surface area (Å²) in [5.41, 5.74) is 10.2. The zero-order valence-corrected chi connectivity index (χ0v) is 20.4. The van der Waals surface area contributed by atoms with E-state index in [1.807, 2.05) is 12.1 Å². The van der Waals surface area contributed by atoms with Crippen LogP contribution in [0.1, 0.15) is 0 Å². The van der Waals surface area contributed by atoms with E-state index in [0.717, 1.165) is 38.0 Å². The highest BCUT2D eigenvalue weighted by Crippen LogP contribution is 2.50. The Labute approximate surface area is 216 Å². The Bertz CT molecular complexity index is 2270. The van der Waals surface area contributed by atoms with Crippen molar-refractivity contribution in [2.45, 2.75) is 0 Å². The Balaban J connectivity index is 1.50. The van der Waals surface area contributed by atoms with E-state index in [2.05, 4.69) is 102 Å². The van der Waals surface area contributed by atoms with Gasteiger partial charge in [0.15, 0.2) is 0 Å². The van der Waals surface area contributed by atoms with E-state index < -0.39 is 0 Å². The lowest BCUT2D eigenvalue weighted by Gasteiger charge is -2.14. The Hall–Kier alpha value is -4.53. The first-order valence-corrected chi connectivity index (χ1v) is 12.8. The minimum atomic E-state index is 0.760. The molecule has 0 unspecified atom stereocenters. The lowest BCUT2D eigenvalue weighted by atomic mass is 9.93. The zero-order valence-electron chi connectivity index (χ0n) is 19.6. The van der Waals surface area contributed by atoms with Gasteiger partial charge in [0, 0.05) is 32.3 Å². The lowest BCUT2D eigenvalue weighted by Crippen LogP contribution is -1.94. The van der Waals surface area contributed by atoms with Crippen LogP contribution in [0.15, 0.2) is 114 Å².